The van der Waals surface area contributed by atoms with Crippen LogP contribution in [0.25, 0.3) is 16.5 Å². The zero-order valence-electron chi connectivity index (χ0n) is 20.5. The Balaban J connectivity index is 1.27. The summed E-state index contributed by atoms with van der Waals surface area (Å²) in [5.74, 6) is 0.886. The van der Waals surface area contributed by atoms with E-state index in [1.165, 1.54) is 23.9 Å². The van der Waals surface area contributed by atoms with Crippen LogP contribution in [0.3, 0.4) is 0 Å². The van der Waals surface area contributed by atoms with Crippen LogP contribution in [0.15, 0.2) is 101 Å². The van der Waals surface area contributed by atoms with Crippen molar-refractivity contribution >= 4 is 34.7 Å². The molecule has 0 bridgehead atoms. The van der Waals surface area contributed by atoms with Gasteiger partial charge in [0, 0.05) is 11.3 Å². The van der Waals surface area contributed by atoms with Gasteiger partial charge in [0.1, 0.15) is 24.0 Å². The fourth-order valence-electron chi connectivity index (χ4n) is 3.92. The van der Waals surface area contributed by atoms with Crippen LogP contribution in [0.1, 0.15) is 17.0 Å². The van der Waals surface area contributed by atoms with Crippen molar-refractivity contribution in [3.8, 4) is 11.4 Å². The number of benzene rings is 4. The van der Waals surface area contributed by atoms with E-state index in [1.807, 2.05) is 78.2 Å². The van der Waals surface area contributed by atoms with E-state index in [0.717, 1.165) is 33.4 Å². The van der Waals surface area contributed by atoms with Crippen molar-refractivity contribution < 1.29 is 13.9 Å². The molecule has 7 nitrogen and oxygen atoms in total. The molecule has 38 heavy (non-hydrogen) atoms. The lowest BCUT2D eigenvalue weighted by molar-refractivity contribution is -0.118. The van der Waals surface area contributed by atoms with E-state index >= 15 is 0 Å². The van der Waals surface area contributed by atoms with E-state index in [-0.39, 0.29) is 24.1 Å². The molecule has 0 saturated heterocycles. The van der Waals surface area contributed by atoms with Crippen molar-refractivity contribution in [3.63, 3.8) is 0 Å². The van der Waals surface area contributed by atoms with Crippen LogP contribution in [-0.2, 0) is 11.4 Å². The molecule has 0 unspecified atom stereocenters. The Kier molecular flexibility index (Phi) is 7.75. The summed E-state index contributed by atoms with van der Waals surface area (Å²) < 4.78 is 21.2. The number of carbonyl (C=O) groups excluding carboxylic acids is 1. The smallest absolute Gasteiger partial charge is 0.250 e. The molecule has 1 heterocycles. The van der Waals surface area contributed by atoms with Gasteiger partial charge < -0.3 is 4.74 Å². The topological polar surface area (TPSA) is 81.4 Å². The number of para-hydroxylation sites is 1. The van der Waals surface area contributed by atoms with Gasteiger partial charge in [0.2, 0.25) is 0 Å². The summed E-state index contributed by atoms with van der Waals surface area (Å²) >= 11 is 1.28. The molecule has 1 N–H and O–H groups in total. The second kappa shape index (κ2) is 11.7. The van der Waals surface area contributed by atoms with Gasteiger partial charge in [-0.2, -0.15) is 5.10 Å². The third-order valence-corrected chi connectivity index (χ3v) is 6.69. The number of amides is 1. The number of hydrogen-bond acceptors (Lipinski definition) is 6. The molecule has 0 aliphatic heterocycles. The minimum atomic E-state index is -0.295. The van der Waals surface area contributed by atoms with E-state index in [2.05, 4.69) is 20.7 Å². The molecule has 5 rings (SSSR count). The lowest BCUT2D eigenvalue weighted by atomic mass is 10.0. The number of ether oxygens (including phenoxy) is 1. The maximum absolute atomic E-state index is 13.2. The van der Waals surface area contributed by atoms with Crippen molar-refractivity contribution in [1.29, 1.82) is 0 Å². The summed E-state index contributed by atoms with van der Waals surface area (Å²) in [6.07, 6.45) is 1.58. The zero-order valence-corrected chi connectivity index (χ0v) is 21.4. The number of nitrogens with zero attached hydrogens (tertiary/aromatic N) is 4. The molecule has 0 aliphatic rings. The van der Waals surface area contributed by atoms with Crippen molar-refractivity contribution in [2.75, 3.05) is 5.75 Å². The summed E-state index contributed by atoms with van der Waals surface area (Å²) in [6.45, 7) is 2.14. The molecule has 0 saturated carbocycles. The van der Waals surface area contributed by atoms with Crippen LogP contribution in [0.4, 0.5) is 4.39 Å². The molecule has 9 heteroatoms. The van der Waals surface area contributed by atoms with E-state index in [4.69, 9.17) is 4.74 Å². The third kappa shape index (κ3) is 5.90. The SMILES string of the molecule is Cc1nnc(SCC(=O)N/N=C/c2c(OCc3ccc(F)cc3)ccc3ccccc23)n1-c1ccccc1. The molecule has 1 aromatic heterocycles. The highest BCUT2D eigenvalue weighted by atomic mass is 32.2. The van der Waals surface area contributed by atoms with Crippen molar-refractivity contribution in [1.82, 2.24) is 20.2 Å². The summed E-state index contributed by atoms with van der Waals surface area (Å²) in [5.41, 5.74) is 5.10. The van der Waals surface area contributed by atoms with Gasteiger partial charge in [0.05, 0.1) is 12.0 Å². The first kappa shape index (κ1) is 25.2. The maximum atomic E-state index is 13.2. The molecule has 4 aromatic carbocycles. The number of aromatic nitrogens is 3. The highest BCUT2D eigenvalue weighted by Gasteiger charge is 2.13. The normalized spacial score (nSPS) is 11.2. The van der Waals surface area contributed by atoms with Crippen LogP contribution in [0.5, 0.6) is 5.75 Å². The number of thioether (sulfide) groups is 1. The molecular formula is C29H24FN5O2S. The molecule has 1 amide bonds. The molecular weight excluding hydrogens is 501 g/mol. The lowest BCUT2D eigenvalue weighted by Crippen LogP contribution is -2.20. The molecule has 0 aliphatic carbocycles. The summed E-state index contributed by atoms with van der Waals surface area (Å²) in [7, 11) is 0. The second-order valence-corrected chi connectivity index (χ2v) is 9.34. The highest BCUT2D eigenvalue weighted by Crippen LogP contribution is 2.27. The van der Waals surface area contributed by atoms with E-state index in [9.17, 15) is 9.18 Å². The number of carbonyl (C=O) groups is 1. The van der Waals surface area contributed by atoms with Gasteiger partial charge in [0.15, 0.2) is 5.16 Å². The molecule has 190 valence electrons. The number of hydrazone groups is 1. The largest absolute Gasteiger partial charge is 0.488 e. The number of nitrogens with one attached hydrogen (secondary N) is 1. The van der Waals surface area contributed by atoms with Crippen molar-refractivity contribution in [3.05, 3.63) is 114 Å². The molecule has 0 atom stereocenters. The first-order chi connectivity index (χ1) is 18.6. The minimum Gasteiger partial charge on any atom is -0.488 e. The van der Waals surface area contributed by atoms with Crippen LogP contribution >= 0.6 is 11.8 Å². The Morgan fingerprint density at radius 1 is 1.00 bits per heavy atom. The quantitative estimate of drug-likeness (QED) is 0.152. The standard InChI is InChI=1S/C29H24FN5O2S/c1-20-32-34-29(35(20)24-8-3-2-4-9-24)38-19-28(36)33-31-17-26-25-10-6-5-7-22(25)13-16-27(26)37-18-21-11-14-23(30)15-12-21/h2-17H,18-19H2,1H3,(H,33,36)/b31-17+. The Hall–Kier alpha value is -4.50. The van der Waals surface area contributed by atoms with Gasteiger partial charge in [-0.05, 0) is 53.6 Å². The zero-order chi connectivity index (χ0) is 26.3. The van der Waals surface area contributed by atoms with Crippen LogP contribution in [-0.4, -0.2) is 32.6 Å². The van der Waals surface area contributed by atoms with Gasteiger partial charge in [-0.1, -0.05) is 72.4 Å². The number of halogens is 1. The van der Waals surface area contributed by atoms with E-state index in [0.29, 0.717) is 10.9 Å². The fraction of sp³-hybridized carbons (Fsp3) is 0.103. The maximum Gasteiger partial charge on any atom is 0.250 e. The number of fused-ring (bicyclic) bond motifs is 1. The molecule has 5 aromatic rings. The summed E-state index contributed by atoms with van der Waals surface area (Å²) in [4.78, 5) is 12.6. The molecule has 0 radical (unpaired) electrons. The first-order valence-corrected chi connectivity index (χ1v) is 12.9. The lowest BCUT2D eigenvalue weighted by Gasteiger charge is -2.12. The average molecular weight is 526 g/mol. The molecule has 0 spiro atoms. The summed E-state index contributed by atoms with van der Waals surface area (Å²) in [5, 5.41) is 15.1. The Morgan fingerprint density at radius 2 is 1.76 bits per heavy atom. The van der Waals surface area contributed by atoms with Gasteiger partial charge in [-0.3, -0.25) is 9.36 Å². The van der Waals surface area contributed by atoms with Gasteiger partial charge in [-0.25, -0.2) is 9.82 Å². The predicted octanol–water partition coefficient (Wildman–Crippen LogP) is 5.69. The van der Waals surface area contributed by atoms with Crippen molar-refractivity contribution in [2.24, 2.45) is 5.10 Å². The minimum absolute atomic E-state index is 0.117. The van der Waals surface area contributed by atoms with E-state index < -0.39 is 0 Å². The first-order valence-electron chi connectivity index (χ1n) is 11.9. The Bertz CT molecular complexity index is 1590. The average Bonchev–Trinajstić information content (AvgIpc) is 3.32. The van der Waals surface area contributed by atoms with Gasteiger partial charge >= 0.3 is 0 Å². The van der Waals surface area contributed by atoms with Crippen molar-refractivity contribution in [2.45, 2.75) is 18.7 Å². The highest BCUT2D eigenvalue weighted by molar-refractivity contribution is 7.99. The fourth-order valence-corrected chi connectivity index (χ4v) is 4.71. The van der Waals surface area contributed by atoms with Gasteiger partial charge in [0.25, 0.3) is 5.91 Å². The van der Waals surface area contributed by atoms with Crippen LogP contribution in [0.2, 0.25) is 0 Å². The number of aryl methyl sites for hydroxylation is 1. The predicted molar refractivity (Wildman–Crippen MR) is 147 cm³/mol. The number of hydrogen-bond donors (Lipinski definition) is 1. The Morgan fingerprint density at radius 3 is 2.58 bits per heavy atom. The third-order valence-electron chi connectivity index (χ3n) is 5.76. The van der Waals surface area contributed by atoms with E-state index in [1.54, 1.807) is 18.3 Å². The summed E-state index contributed by atoms with van der Waals surface area (Å²) in [6, 6.07) is 27.6. The molecule has 0 fully saturated rings. The van der Waals surface area contributed by atoms with Gasteiger partial charge in [-0.15, -0.1) is 10.2 Å². The Labute approximate surface area is 223 Å². The van der Waals surface area contributed by atoms with Crippen LogP contribution < -0.4 is 10.2 Å². The monoisotopic (exact) mass is 525 g/mol. The van der Waals surface area contributed by atoms with Crippen LogP contribution in [0, 0.1) is 12.7 Å². The second-order valence-electron chi connectivity index (χ2n) is 8.40. The number of rotatable bonds is 9.